The summed E-state index contributed by atoms with van der Waals surface area (Å²) in [7, 11) is 0. The summed E-state index contributed by atoms with van der Waals surface area (Å²) >= 11 is 6.26. The van der Waals surface area contributed by atoms with Crippen molar-refractivity contribution in [2.75, 3.05) is 23.4 Å². The van der Waals surface area contributed by atoms with E-state index in [1.807, 2.05) is 25.1 Å². The zero-order valence-corrected chi connectivity index (χ0v) is 17.0. The monoisotopic (exact) mass is 388 g/mol. The molecule has 1 unspecified atom stereocenters. The van der Waals surface area contributed by atoms with Gasteiger partial charge in [-0.15, -0.1) is 0 Å². The summed E-state index contributed by atoms with van der Waals surface area (Å²) in [5.41, 5.74) is 2.97. The summed E-state index contributed by atoms with van der Waals surface area (Å²) in [6, 6.07) is 8.33. The predicted molar refractivity (Wildman–Crippen MR) is 112 cm³/mol. The highest BCUT2D eigenvalue weighted by atomic mass is 35.5. The molecule has 1 aromatic heterocycles. The first kappa shape index (κ1) is 19.9. The van der Waals surface area contributed by atoms with E-state index in [1.54, 1.807) is 0 Å². The number of rotatable bonds is 7. The Balaban J connectivity index is 1.90. The van der Waals surface area contributed by atoms with Crippen LogP contribution in [-0.2, 0) is 6.42 Å². The van der Waals surface area contributed by atoms with Crippen molar-refractivity contribution in [3.63, 3.8) is 0 Å². The SMILES string of the molecule is CCCc1cc(N2CCCCC2CCO)nc(Nc2ccc(C)c(Cl)c2)n1. The minimum absolute atomic E-state index is 0.209. The lowest BCUT2D eigenvalue weighted by Gasteiger charge is -2.36. The Hall–Kier alpha value is -1.85. The number of anilines is 3. The van der Waals surface area contributed by atoms with Crippen molar-refractivity contribution in [1.29, 1.82) is 0 Å². The van der Waals surface area contributed by atoms with E-state index in [9.17, 15) is 5.11 Å². The maximum atomic E-state index is 9.44. The first-order chi connectivity index (χ1) is 13.1. The highest BCUT2D eigenvalue weighted by Crippen LogP contribution is 2.28. The van der Waals surface area contributed by atoms with Gasteiger partial charge >= 0.3 is 0 Å². The average Bonchev–Trinajstić information content (AvgIpc) is 2.66. The molecule has 5 nitrogen and oxygen atoms in total. The fourth-order valence-corrected chi connectivity index (χ4v) is 3.80. The predicted octanol–water partition coefficient (Wildman–Crippen LogP) is 4.88. The number of hydrogen-bond acceptors (Lipinski definition) is 5. The molecule has 3 rings (SSSR count). The van der Waals surface area contributed by atoms with Crippen molar-refractivity contribution in [2.45, 2.75) is 58.4 Å². The van der Waals surface area contributed by atoms with Crippen molar-refractivity contribution in [2.24, 2.45) is 0 Å². The number of aryl methyl sites for hydroxylation is 2. The molecule has 27 heavy (non-hydrogen) atoms. The summed E-state index contributed by atoms with van der Waals surface area (Å²) in [5, 5.41) is 13.5. The van der Waals surface area contributed by atoms with Gasteiger partial charge in [0.15, 0.2) is 0 Å². The van der Waals surface area contributed by atoms with E-state index in [1.165, 1.54) is 6.42 Å². The van der Waals surface area contributed by atoms with Gasteiger partial charge in [0.2, 0.25) is 5.95 Å². The molecule has 6 heteroatoms. The van der Waals surface area contributed by atoms with Crippen LogP contribution < -0.4 is 10.2 Å². The van der Waals surface area contributed by atoms with Gasteiger partial charge in [-0.1, -0.05) is 31.0 Å². The molecule has 1 aromatic carbocycles. The number of halogens is 1. The van der Waals surface area contributed by atoms with Crippen molar-refractivity contribution in [1.82, 2.24) is 9.97 Å². The van der Waals surface area contributed by atoms with Crippen LogP contribution in [0.2, 0.25) is 5.02 Å². The van der Waals surface area contributed by atoms with Crippen LogP contribution in [-0.4, -0.2) is 34.3 Å². The number of benzene rings is 1. The van der Waals surface area contributed by atoms with Crippen molar-refractivity contribution >= 4 is 29.1 Å². The van der Waals surface area contributed by atoms with Gasteiger partial charge in [-0.05, 0) is 56.7 Å². The number of aliphatic hydroxyl groups is 1. The van der Waals surface area contributed by atoms with Gasteiger partial charge in [-0.2, -0.15) is 4.98 Å². The van der Waals surface area contributed by atoms with Gasteiger partial charge in [0.25, 0.3) is 0 Å². The van der Waals surface area contributed by atoms with E-state index < -0.39 is 0 Å². The molecule has 2 heterocycles. The minimum atomic E-state index is 0.209. The molecule has 1 atom stereocenters. The summed E-state index contributed by atoms with van der Waals surface area (Å²) in [6.07, 6.45) is 6.20. The molecule has 1 aliphatic heterocycles. The van der Waals surface area contributed by atoms with Gasteiger partial charge in [0.1, 0.15) is 5.82 Å². The molecular formula is C21H29ClN4O. The zero-order valence-electron chi connectivity index (χ0n) is 16.2. The van der Waals surface area contributed by atoms with Crippen LogP contribution in [0.1, 0.15) is 50.3 Å². The third-order valence-corrected chi connectivity index (χ3v) is 5.49. The van der Waals surface area contributed by atoms with Crippen molar-refractivity contribution < 1.29 is 5.11 Å². The Bertz CT molecular complexity index is 766. The van der Waals surface area contributed by atoms with Crippen molar-refractivity contribution in [3.05, 3.63) is 40.5 Å². The van der Waals surface area contributed by atoms with Crippen LogP contribution in [0, 0.1) is 6.92 Å². The van der Waals surface area contributed by atoms with Crippen LogP contribution in [0.15, 0.2) is 24.3 Å². The van der Waals surface area contributed by atoms with Gasteiger partial charge < -0.3 is 15.3 Å². The van der Waals surface area contributed by atoms with Crippen LogP contribution in [0.4, 0.5) is 17.5 Å². The second kappa shape index (κ2) is 9.38. The molecule has 0 radical (unpaired) electrons. The van der Waals surface area contributed by atoms with Gasteiger partial charge in [-0.3, -0.25) is 0 Å². The highest BCUT2D eigenvalue weighted by molar-refractivity contribution is 6.31. The van der Waals surface area contributed by atoms with Crippen LogP contribution in [0.25, 0.3) is 0 Å². The van der Waals surface area contributed by atoms with E-state index >= 15 is 0 Å². The smallest absolute Gasteiger partial charge is 0.229 e. The van der Waals surface area contributed by atoms with E-state index in [2.05, 4.69) is 23.2 Å². The van der Waals surface area contributed by atoms with E-state index in [0.29, 0.717) is 12.0 Å². The number of piperidine rings is 1. The fraction of sp³-hybridized carbons (Fsp3) is 0.524. The molecule has 2 aromatic rings. The molecule has 0 amide bonds. The van der Waals surface area contributed by atoms with E-state index in [0.717, 1.165) is 66.4 Å². The molecule has 1 fully saturated rings. The maximum Gasteiger partial charge on any atom is 0.229 e. The molecule has 1 saturated heterocycles. The fourth-order valence-electron chi connectivity index (χ4n) is 3.62. The first-order valence-electron chi connectivity index (χ1n) is 9.89. The van der Waals surface area contributed by atoms with Crippen LogP contribution >= 0.6 is 11.6 Å². The molecule has 0 saturated carbocycles. The van der Waals surface area contributed by atoms with Crippen molar-refractivity contribution in [3.8, 4) is 0 Å². The first-order valence-corrected chi connectivity index (χ1v) is 10.3. The minimum Gasteiger partial charge on any atom is -0.396 e. The summed E-state index contributed by atoms with van der Waals surface area (Å²) in [5.74, 6) is 1.55. The second-order valence-electron chi connectivity index (χ2n) is 7.24. The number of hydrogen-bond donors (Lipinski definition) is 2. The Labute approximate surface area is 166 Å². The lowest BCUT2D eigenvalue weighted by atomic mass is 9.99. The zero-order chi connectivity index (χ0) is 19.2. The standard InChI is InChI=1S/C21H29ClN4O/c1-3-6-16-14-20(26-11-5-4-7-18(26)10-12-27)25-21(23-16)24-17-9-8-15(2)19(22)13-17/h8-9,13-14,18,27H,3-7,10-12H2,1-2H3,(H,23,24,25). The molecule has 0 aliphatic carbocycles. The average molecular weight is 389 g/mol. The summed E-state index contributed by atoms with van der Waals surface area (Å²) in [4.78, 5) is 11.8. The largest absolute Gasteiger partial charge is 0.396 e. The lowest BCUT2D eigenvalue weighted by molar-refractivity contribution is 0.262. The molecule has 0 bridgehead atoms. The van der Waals surface area contributed by atoms with Gasteiger partial charge in [-0.25, -0.2) is 4.98 Å². The third-order valence-electron chi connectivity index (χ3n) is 5.08. The van der Waals surface area contributed by atoms with Gasteiger partial charge in [0, 0.05) is 41.7 Å². The third kappa shape index (κ3) is 5.11. The number of aliphatic hydroxyl groups excluding tert-OH is 1. The normalized spacial score (nSPS) is 17.2. The summed E-state index contributed by atoms with van der Waals surface area (Å²) in [6.45, 7) is 5.33. The molecule has 1 aliphatic rings. The number of nitrogens with one attached hydrogen (secondary N) is 1. The Morgan fingerprint density at radius 3 is 2.85 bits per heavy atom. The quantitative estimate of drug-likeness (QED) is 0.708. The van der Waals surface area contributed by atoms with E-state index in [-0.39, 0.29) is 6.61 Å². The van der Waals surface area contributed by atoms with E-state index in [4.69, 9.17) is 21.6 Å². The van der Waals surface area contributed by atoms with Crippen LogP contribution in [0.3, 0.4) is 0 Å². The maximum absolute atomic E-state index is 9.44. The molecular weight excluding hydrogens is 360 g/mol. The summed E-state index contributed by atoms with van der Waals surface area (Å²) < 4.78 is 0. The highest BCUT2D eigenvalue weighted by Gasteiger charge is 2.24. The Kier molecular flexibility index (Phi) is 6.91. The molecule has 2 N–H and O–H groups in total. The van der Waals surface area contributed by atoms with Gasteiger partial charge in [0.05, 0.1) is 0 Å². The number of nitrogens with zero attached hydrogens (tertiary/aromatic N) is 3. The van der Waals surface area contributed by atoms with Crippen LogP contribution in [0.5, 0.6) is 0 Å². The Morgan fingerprint density at radius 1 is 1.26 bits per heavy atom. The topological polar surface area (TPSA) is 61.3 Å². The second-order valence-corrected chi connectivity index (χ2v) is 7.64. The number of aromatic nitrogens is 2. The lowest BCUT2D eigenvalue weighted by Crippen LogP contribution is -2.40. The molecule has 146 valence electrons. The molecule has 0 spiro atoms. The Morgan fingerprint density at radius 2 is 2.11 bits per heavy atom.